The van der Waals surface area contributed by atoms with Crippen LogP contribution >= 0.6 is 15.6 Å². The average Bonchev–Trinajstić information content (AvgIpc) is 3.73. The first kappa shape index (κ1) is 29.7. The molecule has 9 N–H and O–H groups in total. The van der Waals surface area contributed by atoms with Gasteiger partial charge in [-0.05, 0) is 0 Å². The third-order valence-corrected chi connectivity index (χ3v) is 9.38. The fourth-order valence-electron chi connectivity index (χ4n) is 5.31. The highest BCUT2D eigenvalue weighted by atomic mass is 31.2. The molecule has 0 aromatic carbocycles. The molecule has 0 radical (unpaired) electrons. The predicted octanol–water partition coefficient (Wildman–Crippen LogP) is -1.94. The Labute approximate surface area is 245 Å². The summed E-state index contributed by atoms with van der Waals surface area (Å²) >= 11 is 0. The van der Waals surface area contributed by atoms with E-state index in [1.54, 1.807) is 0 Å². The first-order valence-corrected chi connectivity index (χ1v) is 15.9. The number of anilines is 1. The number of nitrogens with one attached hydrogen (secondary N) is 1. The summed E-state index contributed by atoms with van der Waals surface area (Å²) in [5.41, 5.74) is 12.5. The van der Waals surface area contributed by atoms with Gasteiger partial charge in [0.1, 0.15) is 60.3 Å². The molecule has 24 heteroatoms. The van der Waals surface area contributed by atoms with Crippen LogP contribution in [0.1, 0.15) is 24.3 Å². The number of aliphatic imine (C=N–C) groups is 1. The van der Waals surface area contributed by atoms with Crippen molar-refractivity contribution in [3.63, 3.8) is 0 Å². The Kier molecular flexibility index (Phi) is 7.33. The third kappa shape index (κ3) is 5.12. The van der Waals surface area contributed by atoms with E-state index in [9.17, 15) is 29.1 Å². The fraction of sp³-hybridized carbons (Fsp3) is 0.550. The highest BCUT2D eigenvalue weighted by Crippen LogP contribution is 2.54. The number of hydrogen-bond donors (Lipinski definition) is 7. The molecule has 0 aliphatic carbocycles. The van der Waals surface area contributed by atoms with E-state index in [-0.39, 0.29) is 22.8 Å². The first-order chi connectivity index (χ1) is 20.9. The zero-order chi connectivity index (χ0) is 31.0. The Bertz CT molecular complexity index is 1700. The number of aliphatic hydroxyl groups excluding tert-OH is 2. The molecule has 238 valence electrons. The molecule has 4 aliphatic heterocycles. The van der Waals surface area contributed by atoms with Gasteiger partial charge in [0.25, 0.3) is 0 Å². The number of nitrogens with two attached hydrogens (primary N) is 2. The normalized spacial score (nSPS) is 40.9. The number of aromatic nitrogens is 6. The second-order valence-corrected chi connectivity index (χ2v) is 12.9. The van der Waals surface area contributed by atoms with Gasteiger partial charge in [-0.25, -0.2) is 34.1 Å². The van der Waals surface area contributed by atoms with Crippen LogP contribution in [0.5, 0.6) is 0 Å². The summed E-state index contributed by atoms with van der Waals surface area (Å²) in [5, 5.41) is 24.9. The van der Waals surface area contributed by atoms with Crippen LogP contribution in [-0.4, -0.2) is 105 Å². The molecule has 4 aliphatic rings. The lowest BCUT2D eigenvalue weighted by Crippen LogP contribution is -2.38. The number of aliphatic hydroxyl groups is 2. The van der Waals surface area contributed by atoms with Gasteiger partial charge in [0, 0.05) is 0 Å². The monoisotopic (exact) mass is 660 g/mol. The van der Waals surface area contributed by atoms with Gasteiger partial charge < -0.3 is 46.3 Å². The summed E-state index contributed by atoms with van der Waals surface area (Å²) < 4.78 is 61.6. The average molecular weight is 660 g/mol. The summed E-state index contributed by atoms with van der Waals surface area (Å²) in [5.74, 6) is 0.234. The molecular weight excluding hydrogens is 634 g/mol. The minimum atomic E-state index is -5.02. The number of fused-ring (bicyclic) bond motifs is 6. The number of phosphoric ester groups is 2. The molecule has 7 heterocycles. The Morgan fingerprint density at radius 2 is 1.48 bits per heavy atom. The quantitative estimate of drug-likeness (QED) is 0.147. The van der Waals surface area contributed by atoms with E-state index in [0.717, 1.165) is 6.33 Å². The van der Waals surface area contributed by atoms with E-state index in [1.807, 2.05) is 0 Å². The van der Waals surface area contributed by atoms with E-state index >= 15 is 0 Å². The van der Waals surface area contributed by atoms with E-state index in [1.165, 1.54) is 28.1 Å². The van der Waals surface area contributed by atoms with Crippen LogP contribution in [0.4, 0.5) is 11.6 Å². The third-order valence-electron chi connectivity index (χ3n) is 7.41. The van der Waals surface area contributed by atoms with Crippen molar-refractivity contribution in [2.45, 2.75) is 55.2 Å². The summed E-state index contributed by atoms with van der Waals surface area (Å²) in [6.45, 7) is -1.53. The van der Waals surface area contributed by atoms with Gasteiger partial charge in [-0.15, -0.1) is 0 Å². The van der Waals surface area contributed by atoms with E-state index in [0.29, 0.717) is 5.69 Å². The number of nitrogens with zero attached hydrogens (tertiary/aromatic N) is 7. The molecule has 0 saturated carbocycles. The lowest BCUT2D eigenvalue weighted by Gasteiger charge is -2.26. The van der Waals surface area contributed by atoms with Gasteiger partial charge in [-0.3, -0.25) is 27.2 Å². The maximum Gasteiger partial charge on any atom is 0.472 e. The standard InChI is InChI=1S/C20H26N10O12P2/c21-15-9-17(25-3-23-15)29(5-27-9)19-13-11(31)7(39-19)1-37-43(33,34)41-14-12(32)8(2-38-44(35,36)42-13)40-20(14)30-6-28-10-16(22)24-4-26-18(10)30/h3-8,11-15,19-20,31-32H,1-2,21H2,(H,23,25)(H,33,34)(H,35,36)(H2,22,24,26). The van der Waals surface area contributed by atoms with Crippen LogP contribution in [0.2, 0.25) is 0 Å². The van der Waals surface area contributed by atoms with E-state index in [4.69, 9.17) is 39.0 Å². The highest BCUT2D eigenvalue weighted by molar-refractivity contribution is 7.47. The Morgan fingerprint density at radius 3 is 2.11 bits per heavy atom. The van der Waals surface area contributed by atoms with Crippen LogP contribution in [0.25, 0.3) is 11.2 Å². The highest BCUT2D eigenvalue weighted by Gasteiger charge is 2.54. The Hall–Kier alpha value is -2.95. The zero-order valence-corrected chi connectivity index (χ0v) is 23.9. The number of phosphoric acid groups is 2. The predicted molar refractivity (Wildman–Crippen MR) is 141 cm³/mol. The second kappa shape index (κ2) is 10.8. The number of nitrogen functional groups attached to an aromatic ring is 1. The number of hydrogen-bond acceptors (Lipinski definition) is 18. The topological polar surface area (TPSA) is 308 Å². The number of ether oxygens (including phenoxy) is 2. The van der Waals surface area contributed by atoms with Crippen molar-refractivity contribution in [2.24, 2.45) is 10.7 Å². The van der Waals surface area contributed by atoms with Crippen molar-refractivity contribution in [2.75, 3.05) is 18.9 Å². The van der Waals surface area contributed by atoms with Crippen LogP contribution in [0.15, 0.2) is 24.0 Å². The SMILES string of the molecule is Nc1ncnc2c1ncn2C1OC2COP(=O)(O)OC3C(O)C(COP(=O)(O)OC1C2O)OC3n1cnc2c1N=CNC2N. The van der Waals surface area contributed by atoms with E-state index < -0.39 is 84.1 Å². The summed E-state index contributed by atoms with van der Waals surface area (Å²) in [6, 6.07) is 0. The molecule has 22 nitrogen and oxygen atoms in total. The molecule has 3 aromatic rings. The number of imidazole rings is 2. The molecule has 11 atom stereocenters. The molecule has 11 unspecified atom stereocenters. The van der Waals surface area contributed by atoms with Crippen LogP contribution < -0.4 is 16.8 Å². The van der Waals surface area contributed by atoms with Gasteiger partial charge in [0.2, 0.25) is 0 Å². The van der Waals surface area contributed by atoms with Gasteiger partial charge >= 0.3 is 15.6 Å². The Morgan fingerprint density at radius 1 is 0.886 bits per heavy atom. The van der Waals surface area contributed by atoms with Crippen molar-refractivity contribution < 1.29 is 56.7 Å². The van der Waals surface area contributed by atoms with E-state index in [2.05, 4.69) is 30.2 Å². The van der Waals surface area contributed by atoms with Gasteiger partial charge in [-0.2, -0.15) is 0 Å². The minimum absolute atomic E-state index is 0.0343. The van der Waals surface area contributed by atoms with Crippen LogP contribution in [-0.2, 0) is 36.7 Å². The van der Waals surface area contributed by atoms with Crippen LogP contribution in [0.3, 0.4) is 0 Å². The Balaban J connectivity index is 1.21. The van der Waals surface area contributed by atoms with Crippen molar-refractivity contribution in [1.82, 2.24) is 34.4 Å². The molecular formula is C20H26N10O12P2. The van der Waals surface area contributed by atoms with Crippen LogP contribution in [0, 0.1) is 0 Å². The molecule has 0 spiro atoms. The minimum Gasteiger partial charge on any atom is -0.387 e. The summed E-state index contributed by atoms with van der Waals surface area (Å²) in [6.07, 6.45) is -7.94. The zero-order valence-electron chi connectivity index (χ0n) is 22.2. The molecule has 4 bridgehead atoms. The largest absolute Gasteiger partial charge is 0.472 e. The maximum absolute atomic E-state index is 13.2. The molecule has 3 fully saturated rings. The second-order valence-electron chi connectivity index (χ2n) is 10.1. The van der Waals surface area contributed by atoms with Crippen molar-refractivity contribution in [3.05, 3.63) is 24.7 Å². The lowest BCUT2D eigenvalue weighted by molar-refractivity contribution is -0.0680. The lowest BCUT2D eigenvalue weighted by atomic mass is 10.1. The molecule has 7 rings (SSSR count). The maximum atomic E-state index is 13.2. The smallest absolute Gasteiger partial charge is 0.387 e. The van der Waals surface area contributed by atoms with Gasteiger partial charge in [-0.1, -0.05) is 0 Å². The van der Waals surface area contributed by atoms with Crippen molar-refractivity contribution >= 4 is 44.8 Å². The molecule has 3 saturated heterocycles. The molecule has 44 heavy (non-hydrogen) atoms. The van der Waals surface area contributed by atoms with Crippen molar-refractivity contribution in [3.8, 4) is 0 Å². The van der Waals surface area contributed by atoms with Gasteiger partial charge in [0.15, 0.2) is 29.7 Å². The summed E-state index contributed by atoms with van der Waals surface area (Å²) in [4.78, 5) is 41.8. The number of rotatable bonds is 2. The first-order valence-electron chi connectivity index (χ1n) is 12.9. The molecule has 3 aromatic heterocycles. The van der Waals surface area contributed by atoms with Gasteiger partial charge in [0.05, 0.1) is 32.2 Å². The fourth-order valence-corrected chi connectivity index (χ4v) is 7.18. The van der Waals surface area contributed by atoms with Crippen molar-refractivity contribution in [1.29, 1.82) is 0 Å². The molecule has 0 amide bonds. The summed E-state index contributed by atoms with van der Waals surface area (Å²) in [7, 11) is -10.0.